The molecule has 3 nitrogen and oxygen atoms in total. The fraction of sp³-hybridized carbons (Fsp3) is 0.348. The SMILES string of the molecule is COc1cccc(C2c3nc4ccccc4cc3CCC2CN(C)C)c1. The van der Waals surface area contributed by atoms with Crippen molar-refractivity contribution in [3.63, 3.8) is 0 Å². The topological polar surface area (TPSA) is 25.4 Å². The first-order valence-corrected chi connectivity index (χ1v) is 9.33. The first kappa shape index (κ1) is 17.0. The fourth-order valence-electron chi connectivity index (χ4n) is 4.31. The van der Waals surface area contributed by atoms with Gasteiger partial charge in [0.25, 0.3) is 0 Å². The lowest BCUT2D eigenvalue weighted by molar-refractivity contribution is 0.279. The lowest BCUT2D eigenvalue weighted by Crippen LogP contribution is -2.31. The summed E-state index contributed by atoms with van der Waals surface area (Å²) in [6.45, 7) is 1.07. The molecule has 0 spiro atoms. The maximum Gasteiger partial charge on any atom is 0.119 e. The van der Waals surface area contributed by atoms with Gasteiger partial charge in [-0.15, -0.1) is 0 Å². The third-order valence-corrected chi connectivity index (χ3v) is 5.44. The van der Waals surface area contributed by atoms with E-state index in [1.54, 1.807) is 7.11 Å². The summed E-state index contributed by atoms with van der Waals surface area (Å²) < 4.78 is 5.49. The van der Waals surface area contributed by atoms with E-state index in [0.29, 0.717) is 11.8 Å². The molecule has 1 aliphatic carbocycles. The molecule has 0 amide bonds. The molecular weight excluding hydrogens is 320 g/mol. The van der Waals surface area contributed by atoms with Crippen LogP contribution in [0.2, 0.25) is 0 Å². The van der Waals surface area contributed by atoms with Gasteiger partial charge in [-0.05, 0) is 68.2 Å². The summed E-state index contributed by atoms with van der Waals surface area (Å²) in [5.41, 5.74) is 5.03. The zero-order chi connectivity index (χ0) is 18.1. The molecule has 2 atom stereocenters. The van der Waals surface area contributed by atoms with Gasteiger partial charge in [-0.3, -0.25) is 4.98 Å². The van der Waals surface area contributed by atoms with E-state index < -0.39 is 0 Å². The summed E-state index contributed by atoms with van der Waals surface area (Å²) in [6.07, 6.45) is 2.29. The molecule has 0 aliphatic heterocycles. The standard InChI is InChI=1S/C23H26N2O/c1-25(2)15-19-12-11-18-13-16-7-4-5-10-21(16)24-23(18)22(19)17-8-6-9-20(14-17)26-3/h4-10,13-14,19,22H,11-12,15H2,1-3H3. The van der Waals surface area contributed by atoms with Gasteiger partial charge in [0.2, 0.25) is 0 Å². The number of ether oxygens (including phenoxy) is 1. The third-order valence-electron chi connectivity index (χ3n) is 5.44. The molecular formula is C23H26N2O. The highest BCUT2D eigenvalue weighted by Gasteiger charge is 2.33. The largest absolute Gasteiger partial charge is 0.497 e. The van der Waals surface area contributed by atoms with Crippen LogP contribution in [-0.2, 0) is 6.42 Å². The first-order valence-electron chi connectivity index (χ1n) is 9.33. The quantitative estimate of drug-likeness (QED) is 0.695. The first-order chi connectivity index (χ1) is 12.7. The van der Waals surface area contributed by atoms with Gasteiger partial charge in [0.1, 0.15) is 5.75 Å². The fourth-order valence-corrected chi connectivity index (χ4v) is 4.31. The molecule has 2 unspecified atom stereocenters. The highest BCUT2D eigenvalue weighted by atomic mass is 16.5. The molecule has 26 heavy (non-hydrogen) atoms. The second kappa shape index (κ2) is 7.08. The van der Waals surface area contributed by atoms with Crippen molar-refractivity contribution in [3.8, 4) is 5.75 Å². The van der Waals surface area contributed by atoms with E-state index in [0.717, 1.165) is 24.2 Å². The summed E-state index contributed by atoms with van der Waals surface area (Å²) in [5, 5.41) is 1.24. The molecule has 0 saturated heterocycles. The number of hydrogen-bond donors (Lipinski definition) is 0. The van der Waals surface area contributed by atoms with Crippen molar-refractivity contribution in [2.45, 2.75) is 18.8 Å². The van der Waals surface area contributed by atoms with Crippen LogP contribution < -0.4 is 4.74 Å². The van der Waals surface area contributed by atoms with E-state index in [9.17, 15) is 0 Å². The van der Waals surface area contributed by atoms with Gasteiger partial charge in [0.15, 0.2) is 0 Å². The summed E-state index contributed by atoms with van der Waals surface area (Å²) in [4.78, 5) is 7.42. The normalized spacial score (nSPS) is 19.5. The van der Waals surface area contributed by atoms with Crippen LogP contribution in [0.25, 0.3) is 10.9 Å². The van der Waals surface area contributed by atoms with Gasteiger partial charge in [0, 0.05) is 17.8 Å². The predicted octanol–water partition coefficient (Wildman–Crippen LogP) is 4.50. The number of nitrogens with zero attached hydrogens (tertiary/aromatic N) is 2. The van der Waals surface area contributed by atoms with E-state index >= 15 is 0 Å². The highest BCUT2D eigenvalue weighted by Crippen LogP contribution is 2.41. The second-order valence-electron chi connectivity index (χ2n) is 7.54. The Balaban J connectivity index is 1.87. The number of aryl methyl sites for hydroxylation is 1. The van der Waals surface area contributed by atoms with E-state index in [-0.39, 0.29) is 0 Å². The van der Waals surface area contributed by atoms with Crippen LogP contribution in [0.4, 0.5) is 0 Å². The number of para-hydroxylation sites is 1. The van der Waals surface area contributed by atoms with Gasteiger partial charge in [0.05, 0.1) is 18.3 Å². The van der Waals surface area contributed by atoms with Crippen molar-refractivity contribution in [1.82, 2.24) is 9.88 Å². The molecule has 3 aromatic rings. The molecule has 0 bridgehead atoms. The van der Waals surface area contributed by atoms with Crippen LogP contribution in [0, 0.1) is 5.92 Å². The van der Waals surface area contributed by atoms with Crippen molar-refractivity contribution in [3.05, 3.63) is 71.4 Å². The maximum atomic E-state index is 5.49. The average Bonchev–Trinajstić information content (AvgIpc) is 2.66. The summed E-state index contributed by atoms with van der Waals surface area (Å²) >= 11 is 0. The zero-order valence-electron chi connectivity index (χ0n) is 15.8. The Hall–Kier alpha value is -2.39. The average molecular weight is 346 g/mol. The molecule has 1 aliphatic rings. The minimum Gasteiger partial charge on any atom is -0.497 e. The summed E-state index contributed by atoms with van der Waals surface area (Å²) in [6, 6.07) is 19.3. The molecule has 1 heterocycles. The highest BCUT2D eigenvalue weighted by molar-refractivity contribution is 5.79. The Morgan fingerprint density at radius 2 is 1.92 bits per heavy atom. The number of benzene rings is 2. The Morgan fingerprint density at radius 3 is 2.73 bits per heavy atom. The second-order valence-corrected chi connectivity index (χ2v) is 7.54. The lowest BCUT2D eigenvalue weighted by atomic mass is 9.73. The molecule has 134 valence electrons. The molecule has 0 N–H and O–H groups in total. The van der Waals surface area contributed by atoms with Gasteiger partial charge in [-0.2, -0.15) is 0 Å². The minimum absolute atomic E-state index is 0.306. The van der Waals surface area contributed by atoms with E-state index in [1.165, 1.54) is 28.6 Å². The predicted molar refractivity (Wildman–Crippen MR) is 107 cm³/mol. The van der Waals surface area contributed by atoms with Crippen LogP contribution in [0.1, 0.15) is 29.2 Å². The molecule has 0 radical (unpaired) electrons. The molecule has 4 rings (SSSR count). The van der Waals surface area contributed by atoms with Crippen molar-refractivity contribution >= 4 is 10.9 Å². The van der Waals surface area contributed by atoms with Crippen LogP contribution in [0.5, 0.6) is 5.75 Å². The Bertz CT molecular complexity index is 919. The zero-order valence-corrected chi connectivity index (χ0v) is 15.8. The van der Waals surface area contributed by atoms with Crippen LogP contribution in [-0.4, -0.2) is 37.6 Å². The van der Waals surface area contributed by atoms with Gasteiger partial charge in [-0.25, -0.2) is 0 Å². The van der Waals surface area contributed by atoms with Gasteiger partial charge < -0.3 is 9.64 Å². The number of aromatic nitrogens is 1. The third kappa shape index (κ3) is 3.19. The maximum absolute atomic E-state index is 5.49. The van der Waals surface area contributed by atoms with Crippen molar-refractivity contribution in [1.29, 1.82) is 0 Å². The molecule has 3 heteroatoms. The number of hydrogen-bond acceptors (Lipinski definition) is 3. The molecule has 1 aromatic heterocycles. The van der Waals surface area contributed by atoms with Crippen molar-refractivity contribution in [2.24, 2.45) is 5.92 Å². The number of methoxy groups -OCH3 is 1. The lowest BCUT2D eigenvalue weighted by Gasteiger charge is -2.35. The van der Waals surface area contributed by atoms with Crippen molar-refractivity contribution in [2.75, 3.05) is 27.7 Å². The molecule has 2 aromatic carbocycles. The van der Waals surface area contributed by atoms with Crippen LogP contribution >= 0.6 is 0 Å². The summed E-state index contributed by atoms with van der Waals surface area (Å²) in [5.74, 6) is 1.78. The Kier molecular flexibility index (Phi) is 4.64. The Labute approximate surface area is 155 Å². The minimum atomic E-state index is 0.306. The molecule has 0 fully saturated rings. The monoisotopic (exact) mass is 346 g/mol. The number of rotatable bonds is 4. The molecule has 0 saturated carbocycles. The van der Waals surface area contributed by atoms with Crippen LogP contribution in [0.3, 0.4) is 0 Å². The smallest absolute Gasteiger partial charge is 0.119 e. The van der Waals surface area contributed by atoms with E-state index in [2.05, 4.69) is 67.5 Å². The van der Waals surface area contributed by atoms with E-state index in [4.69, 9.17) is 9.72 Å². The number of pyridine rings is 1. The number of fused-ring (bicyclic) bond motifs is 2. The van der Waals surface area contributed by atoms with Crippen LogP contribution in [0.15, 0.2) is 54.6 Å². The van der Waals surface area contributed by atoms with Gasteiger partial charge >= 0.3 is 0 Å². The van der Waals surface area contributed by atoms with Gasteiger partial charge in [-0.1, -0.05) is 30.3 Å². The Morgan fingerprint density at radius 1 is 1.08 bits per heavy atom. The van der Waals surface area contributed by atoms with E-state index in [1.807, 2.05) is 6.07 Å². The summed E-state index contributed by atoms with van der Waals surface area (Å²) in [7, 11) is 6.05. The van der Waals surface area contributed by atoms with Crippen molar-refractivity contribution < 1.29 is 4.74 Å².